The highest BCUT2D eigenvalue weighted by atomic mass is 35.5. The van der Waals surface area contributed by atoms with Crippen LogP contribution in [0.2, 0.25) is 5.02 Å². The first-order valence-corrected chi connectivity index (χ1v) is 8.65. The van der Waals surface area contributed by atoms with Crippen molar-refractivity contribution in [3.05, 3.63) is 59.1 Å². The van der Waals surface area contributed by atoms with Crippen LogP contribution in [0, 0.1) is 0 Å². The van der Waals surface area contributed by atoms with Crippen LogP contribution in [0.25, 0.3) is 0 Å². The van der Waals surface area contributed by atoms with Gasteiger partial charge in [0.1, 0.15) is 5.75 Å². The molecule has 1 saturated heterocycles. The van der Waals surface area contributed by atoms with Crippen LogP contribution in [0.3, 0.4) is 0 Å². The Morgan fingerprint density at radius 2 is 1.84 bits per heavy atom. The maximum atomic E-state index is 12.1. The average Bonchev–Trinajstić information content (AvgIpc) is 2.64. The maximum Gasteiger partial charge on any atom is 0.262 e. The van der Waals surface area contributed by atoms with Gasteiger partial charge in [-0.05, 0) is 30.3 Å². The number of hydrogen-bond acceptors (Lipinski definition) is 4. The van der Waals surface area contributed by atoms with Crippen molar-refractivity contribution in [2.24, 2.45) is 0 Å². The summed E-state index contributed by atoms with van der Waals surface area (Å²) >= 11 is 5.84. The van der Waals surface area contributed by atoms with Crippen molar-refractivity contribution in [2.45, 2.75) is 6.54 Å². The van der Waals surface area contributed by atoms with E-state index < -0.39 is 0 Å². The number of halogens is 1. The molecule has 0 aromatic heterocycles. The number of carbonyl (C=O) groups is 1. The summed E-state index contributed by atoms with van der Waals surface area (Å²) in [5.74, 6) is 0.531. The molecule has 0 unspecified atom stereocenters. The van der Waals surface area contributed by atoms with Gasteiger partial charge in [-0.25, -0.2) is 0 Å². The Labute approximate surface area is 152 Å². The molecule has 0 radical (unpaired) electrons. The van der Waals surface area contributed by atoms with Gasteiger partial charge in [0, 0.05) is 35.9 Å². The number of nitrogens with one attached hydrogen (secondary N) is 1. The molecule has 0 atom stereocenters. The lowest BCUT2D eigenvalue weighted by Crippen LogP contribution is -2.35. The van der Waals surface area contributed by atoms with Crippen LogP contribution in [0.1, 0.15) is 5.56 Å². The van der Waals surface area contributed by atoms with Crippen LogP contribution >= 0.6 is 11.6 Å². The summed E-state index contributed by atoms with van der Waals surface area (Å²) < 4.78 is 11.1. The Morgan fingerprint density at radius 3 is 2.60 bits per heavy atom. The fourth-order valence-corrected chi connectivity index (χ4v) is 2.78. The number of morpholine rings is 1. The highest BCUT2D eigenvalue weighted by Gasteiger charge is 2.14. The van der Waals surface area contributed by atoms with E-state index in [0.29, 0.717) is 10.7 Å². The van der Waals surface area contributed by atoms with E-state index in [1.807, 2.05) is 24.3 Å². The summed E-state index contributed by atoms with van der Waals surface area (Å²) in [5.41, 5.74) is 1.77. The van der Waals surface area contributed by atoms with Crippen molar-refractivity contribution in [1.82, 2.24) is 4.90 Å². The maximum absolute atomic E-state index is 12.1. The molecular formula is C19H21ClN2O3. The van der Waals surface area contributed by atoms with E-state index in [4.69, 9.17) is 21.1 Å². The number of amides is 1. The first-order chi connectivity index (χ1) is 12.2. The van der Waals surface area contributed by atoms with Crippen LogP contribution in [0.15, 0.2) is 48.5 Å². The number of ether oxygens (including phenoxy) is 2. The Hall–Kier alpha value is -2.08. The molecular weight excluding hydrogens is 340 g/mol. The van der Waals surface area contributed by atoms with E-state index in [1.165, 1.54) is 0 Å². The van der Waals surface area contributed by atoms with Crippen LogP contribution in [-0.4, -0.2) is 43.7 Å². The van der Waals surface area contributed by atoms with Crippen molar-refractivity contribution >= 4 is 23.2 Å². The quantitative estimate of drug-likeness (QED) is 0.859. The van der Waals surface area contributed by atoms with Gasteiger partial charge in [-0.2, -0.15) is 0 Å². The second kappa shape index (κ2) is 8.85. The lowest BCUT2D eigenvalue weighted by molar-refractivity contribution is -0.118. The lowest BCUT2D eigenvalue weighted by Gasteiger charge is -2.27. The third-order valence-corrected chi connectivity index (χ3v) is 4.21. The standard InChI is InChI=1S/C19H21ClN2O3/c20-16-5-7-17(8-6-16)21-19(23)14-25-18-4-2-1-3-15(18)13-22-9-11-24-12-10-22/h1-8H,9-14H2,(H,21,23). The summed E-state index contributed by atoms with van der Waals surface area (Å²) in [5, 5.41) is 3.42. The third-order valence-electron chi connectivity index (χ3n) is 3.96. The van der Waals surface area contributed by atoms with Gasteiger partial charge in [-0.1, -0.05) is 29.8 Å². The Balaban J connectivity index is 1.55. The molecule has 1 aliphatic rings. The van der Waals surface area contributed by atoms with Gasteiger partial charge in [-0.3, -0.25) is 9.69 Å². The Bertz CT molecular complexity index is 700. The first kappa shape index (κ1) is 17.7. The predicted molar refractivity (Wildman–Crippen MR) is 98.1 cm³/mol. The monoisotopic (exact) mass is 360 g/mol. The molecule has 0 bridgehead atoms. The van der Waals surface area contributed by atoms with Gasteiger partial charge in [0.2, 0.25) is 0 Å². The van der Waals surface area contributed by atoms with E-state index in [2.05, 4.69) is 10.2 Å². The highest BCUT2D eigenvalue weighted by molar-refractivity contribution is 6.30. The molecule has 1 amide bonds. The van der Waals surface area contributed by atoms with E-state index in [1.54, 1.807) is 24.3 Å². The lowest BCUT2D eigenvalue weighted by atomic mass is 10.2. The number of anilines is 1. The van der Waals surface area contributed by atoms with Gasteiger partial charge >= 0.3 is 0 Å². The molecule has 0 spiro atoms. The smallest absolute Gasteiger partial charge is 0.262 e. The number of rotatable bonds is 6. The number of hydrogen-bond donors (Lipinski definition) is 1. The summed E-state index contributed by atoms with van der Waals surface area (Å²) in [4.78, 5) is 14.4. The predicted octanol–water partition coefficient (Wildman–Crippen LogP) is 3.19. The molecule has 3 rings (SSSR count). The van der Waals surface area contributed by atoms with Crippen LogP contribution in [0.4, 0.5) is 5.69 Å². The van der Waals surface area contributed by atoms with E-state index in [9.17, 15) is 4.79 Å². The van der Waals surface area contributed by atoms with Crippen LogP contribution in [-0.2, 0) is 16.1 Å². The normalized spacial score (nSPS) is 14.9. The molecule has 2 aromatic carbocycles. The number of para-hydroxylation sites is 1. The highest BCUT2D eigenvalue weighted by Crippen LogP contribution is 2.20. The second-order valence-corrected chi connectivity index (χ2v) is 6.28. The fourth-order valence-electron chi connectivity index (χ4n) is 2.65. The molecule has 1 heterocycles. The average molecular weight is 361 g/mol. The van der Waals surface area contributed by atoms with Gasteiger partial charge in [0.15, 0.2) is 6.61 Å². The zero-order valence-corrected chi connectivity index (χ0v) is 14.7. The Morgan fingerprint density at radius 1 is 1.12 bits per heavy atom. The number of nitrogens with zero attached hydrogens (tertiary/aromatic N) is 1. The van der Waals surface area contributed by atoms with E-state index in [0.717, 1.165) is 44.2 Å². The van der Waals surface area contributed by atoms with Crippen molar-refractivity contribution in [3.63, 3.8) is 0 Å². The molecule has 1 fully saturated rings. The summed E-state index contributed by atoms with van der Waals surface area (Å²) in [6.07, 6.45) is 0. The molecule has 0 aliphatic carbocycles. The van der Waals surface area contributed by atoms with E-state index in [-0.39, 0.29) is 12.5 Å². The second-order valence-electron chi connectivity index (χ2n) is 5.84. The zero-order chi connectivity index (χ0) is 17.5. The summed E-state index contributed by atoms with van der Waals surface area (Å²) in [6, 6.07) is 14.8. The number of benzene rings is 2. The zero-order valence-electron chi connectivity index (χ0n) is 13.9. The van der Waals surface area contributed by atoms with Crippen molar-refractivity contribution in [3.8, 4) is 5.75 Å². The molecule has 132 valence electrons. The number of carbonyl (C=O) groups excluding carboxylic acids is 1. The van der Waals surface area contributed by atoms with Crippen LogP contribution in [0.5, 0.6) is 5.75 Å². The molecule has 1 aliphatic heterocycles. The summed E-state index contributed by atoms with van der Waals surface area (Å²) in [6.45, 7) is 4.08. The third kappa shape index (κ3) is 5.46. The largest absolute Gasteiger partial charge is 0.483 e. The minimum Gasteiger partial charge on any atom is -0.483 e. The van der Waals surface area contributed by atoms with Crippen molar-refractivity contribution in [1.29, 1.82) is 0 Å². The van der Waals surface area contributed by atoms with Gasteiger partial charge in [0.25, 0.3) is 5.91 Å². The van der Waals surface area contributed by atoms with Gasteiger partial charge in [-0.15, -0.1) is 0 Å². The SMILES string of the molecule is O=C(COc1ccccc1CN1CCOCC1)Nc1ccc(Cl)cc1. The molecule has 1 N–H and O–H groups in total. The van der Waals surface area contributed by atoms with Crippen molar-refractivity contribution in [2.75, 3.05) is 38.2 Å². The van der Waals surface area contributed by atoms with Gasteiger partial charge in [0.05, 0.1) is 13.2 Å². The minimum atomic E-state index is -0.205. The molecule has 6 heteroatoms. The minimum absolute atomic E-state index is 0.0389. The molecule has 0 saturated carbocycles. The van der Waals surface area contributed by atoms with Crippen molar-refractivity contribution < 1.29 is 14.3 Å². The molecule has 25 heavy (non-hydrogen) atoms. The fraction of sp³-hybridized carbons (Fsp3) is 0.316. The molecule has 2 aromatic rings. The Kier molecular flexibility index (Phi) is 6.28. The summed E-state index contributed by atoms with van der Waals surface area (Å²) in [7, 11) is 0. The van der Waals surface area contributed by atoms with Crippen LogP contribution < -0.4 is 10.1 Å². The molecule has 5 nitrogen and oxygen atoms in total. The van der Waals surface area contributed by atoms with Gasteiger partial charge < -0.3 is 14.8 Å². The first-order valence-electron chi connectivity index (χ1n) is 8.27. The van der Waals surface area contributed by atoms with E-state index >= 15 is 0 Å². The topological polar surface area (TPSA) is 50.8 Å².